The maximum Gasteiger partial charge on any atom is 0.254 e. The summed E-state index contributed by atoms with van der Waals surface area (Å²) in [6.45, 7) is 1.47. The van der Waals surface area contributed by atoms with Gasteiger partial charge in [0.2, 0.25) is 15.9 Å². The summed E-state index contributed by atoms with van der Waals surface area (Å²) in [4.78, 5) is 27.1. The predicted octanol–water partition coefficient (Wildman–Crippen LogP) is 2.31. The molecule has 2 aliphatic heterocycles. The van der Waals surface area contributed by atoms with Gasteiger partial charge < -0.3 is 10.2 Å². The molecule has 2 amide bonds. The Hall–Kier alpha value is -2.78. The summed E-state index contributed by atoms with van der Waals surface area (Å²) >= 11 is 0. The van der Waals surface area contributed by atoms with Gasteiger partial charge in [0.15, 0.2) is 0 Å². The van der Waals surface area contributed by atoms with Crippen LogP contribution in [0.3, 0.4) is 0 Å². The molecule has 2 heterocycles. The number of carbonyl (C=O) groups is 2. The molecule has 2 fully saturated rings. The number of halogens is 1. The Labute approximate surface area is 180 Å². The first-order valence-corrected chi connectivity index (χ1v) is 11.8. The van der Waals surface area contributed by atoms with Gasteiger partial charge in [-0.2, -0.15) is 4.31 Å². The van der Waals surface area contributed by atoms with Crippen LogP contribution in [0, 0.1) is 5.82 Å². The minimum Gasteiger partial charge on any atom is -0.352 e. The number of nitrogens with zero attached hydrogens (tertiary/aromatic N) is 2. The van der Waals surface area contributed by atoms with Crippen LogP contribution in [0.2, 0.25) is 0 Å². The van der Waals surface area contributed by atoms with Crippen molar-refractivity contribution in [3.05, 3.63) is 65.5 Å². The summed E-state index contributed by atoms with van der Waals surface area (Å²) in [7, 11) is -3.60. The van der Waals surface area contributed by atoms with Crippen molar-refractivity contribution in [2.75, 3.05) is 26.2 Å². The first kappa shape index (κ1) is 21.5. The average Bonchev–Trinajstić information content (AvgIpc) is 2.80. The lowest BCUT2D eigenvalue weighted by Gasteiger charge is -2.35. The topological polar surface area (TPSA) is 86.8 Å². The van der Waals surface area contributed by atoms with Crippen LogP contribution < -0.4 is 5.32 Å². The molecule has 1 N–H and O–H groups in total. The molecule has 9 heteroatoms. The summed E-state index contributed by atoms with van der Waals surface area (Å²) in [5.74, 6) is -1.47. The molecule has 0 saturated carbocycles. The van der Waals surface area contributed by atoms with E-state index in [1.165, 1.54) is 51.7 Å². The van der Waals surface area contributed by atoms with Gasteiger partial charge in [0.1, 0.15) is 11.9 Å². The summed E-state index contributed by atoms with van der Waals surface area (Å²) in [5, 5.41) is 2.68. The van der Waals surface area contributed by atoms with Crippen molar-refractivity contribution in [1.29, 1.82) is 0 Å². The Morgan fingerprint density at radius 2 is 1.65 bits per heavy atom. The first-order chi connectivity index (χ1) is 14.9. The molecule has 0 spiro atoms. The molecule has 0 bridgehead atoms. The summed E-state index contributed by atoms with van der Waals surface area (Å²) in [5.41, 5.74) is 0.367. The highest BCUT2D eigenvalue weighted by molar-refractivity contribution is 7.89. The van der Waals surface area contributed by atoms with Crippen molar-refractivity contribution in [2.24, 2.45) is 0 Å². The minimum atomic E-state index is -3.60. The van der Waals surface area contributed by atoms with Crippen molar-refractivity contribution in [3.63, 3.8) is 0 Å². The van der Waals surface area contributed by atoms with Crippen LogP contribution in [-0.2, 0) is 14.8 Å². The second-order valence-corrected chi connectivity index (χ2v) is 9.64. The summed E-state index contributed by atoms with van der Waals surface area (Å²) in [6, 6.07) is 10.5. The quantitative estimate of drug-likeness (QED) is 0.783. The van der Waals surface area contributed by atoms with E-state index in [-0.39, 0.29) is 29.1 Å². The molecule has 2 aromatic rings. The lowest BCUT2D eigenvalue weighted by atomic mass is 10.0. The van der Waals surface area contributed by atoms with Crippen molar-refractivity contribution >= 4 is 21.8 Å². The highest BCUT2D eigenvalue weighted by Crippen LogP contribution is 2.28. The molecule has 1 unspecified atom stereocenters. The molecule has 1 atom stereocenters. The minimum absolute atomic E-state index is 0.123. The fourth-order valence-electron chi connectivity index (χ4n) is 4.08. The molecule has 31 heavy (non-hydrogen) atoms. The predicted molar refractivity (Wildman–Crippen MR) is 112 cm³/mol. The highest BCUT2D eigenvalue weighted by Gasteiger charge is 2.36. The molecule has 0 radical (unpaired) electrons. The van der Waals surface area contributed by atoms with Crippen LogP contribution >= 0.6 is 0 Å². The van der Waals surface area contributed by atoms with E-state index in [9.17, 15) is 22.4 Å². The molecule has 2 aromatic carbocycles. The number of piperidine rings is 1. The van der Waals surface area contributed by atoms with Crippen LogP contribution in [0.1, 0.15) is 41.2 Å². The van der Waals surface area contributed by atoms with E-state index >= 15 is 0 Å². The van der Waals surface area contributed by atoms with Gasteiger partial charge in [-0.1, -0.05) is 24.6 Å². The van der Waals surface area contributed by atoms with Crippen LogP contribution in [0.15, 0.2) is 53.4 Å². The molecule has 0 aromatic heterocycles. The Morgan fingerprint density at radius 1 is 0.968 bits per heavy atom. The molecule has 0 aliphatic carbocycles. The fraction of sp³-hybridized carbons (Fsp3) is 0.364. The largest absolute Gasteiger partial charge is 0.352 e. The number of amides is 2. The van der Waals surface area contributed by atoms with E-state index in [1.807, 2.05) is 0 Å². The van der Waals surface area contributed by atoms with Gasteiger partial charge in [0.05, 0.1) is 4.90 Å². The second-order valence-electron chi connectivity index (χ2n) is 7.70. The third-order valence-electron chi connectivity index (χ3n) is 5.73. The maximum absolute atomic E-state index is 14.4. The lowest BCUT2D eigenvalue weighted by Crippen LogP contribution is -2.52. The third-order valence-corrected chi connectivity index (χ3v) is 7.64. The number of benzene rings is 2. The van der Waals surface area contributed by atoms with Crippen molar-refractivity contribution < 1.29 is 22.4 Å². The second kappa shape index (κ2) is 8.76. The zero-order valence-electron chi connectivity index (χ0n) is 17.0. The van der Waals surface area contributed by atoms with E-state index in [1.54, 1.807) is 6.07 Å². The fourth-order valence-corrected chi connectivity index (χ4v) is 5.60. The number of piperazine rings is 1. The Bertz CT molecular complexity index is 1080. The lowest BCUT2D eigenvalue weighted by molar-refractivity contribution is -0.128. The van der Waals surface area contributed by atoms with Crippen molar-refractivity contribution in [2.45, 2.75) is 30.2 Å². The number of rotatable bonds is 4. The van der Waals surface area contributed by atoms with E-state index in [2.05, 4.69) is 5.32 Å². The van der Waals surface area contributed by atoms with Gasteiger partial charge in [-0.25, -0.2) is 12.8 Å². The Morgan fingerprint density at radius 3 is 2.32 bits per heavy atom. The number of hydrogen-bond donors (Lipinski definition) is 1. The number of nitrogens with one attached hydrogen (secondary N) is 1. The van der Waals surface area contributed by atoms with Crippen LogP contribution in [0.5, 0.6) is 0 Å². The van der Waals surface area contributed by atoms with Gasteiger partial charge in [-0.15, -0.1) is 0 Å². The molecule has 4 rings (SSSR count). The monoisotopic (exact) mass is 445 g/mol. The van der Waals surface area contributed by atoms with Crippen LogP contribution in [-0.4, -0.2) is 55.6 Å². The number of carbonyl (C=O) groups excluding carboxylic acids is 2. The van der Waals surface area contributed by atoms with Gasteiger partial charge in [-0.3, -0.25) is 9.59 Å². The number of sulfonamides is 1. The normalized spacial score (nSPS) is 20.4. The summed E-state index contributed by atoms with van der Waals surface area (Å²) < 4.78 is 41.5. The number of hydrogen-bond acceptors (Lipinski definition) is 4. The van der Waals surface area contributed by atoms with Crippen molar-refractivity contribution in [3.8, 4) is 0 Å². The highest BCUT2D eigenvalue weighted by atomic mass is 32.2. The van der Waals surface area contributed by atoms with E-state index in [0.29, 0.717) is 13.1 Å². The zero-order chi connectivity index (χ0) is 22.0. The van der Waals surface area contributed by atoms with Crippen molar-refractivity contribution in [1.82, 2.24) is 14.5 Å². The van der Waals surface area contributed by atoms with E-state index in [0.717, 1.165) is 19.3 Å². The van der Waals surface area contributed by atoms with Gasteiger partial charge in [0, 0.05) is 37.3 Å². The summed E-state index contributed by atoms with van der Waals surface area (Å²) in [6.07, 6.45) is 2.70. The molecule has 2 aliphatic rings. The van der Waals surface area contributed by atoms with Gasteiger partial charge in [-0.05, 0) is 43.2 Å². The molecular formula is C22H24FN3O4S. The first-order valence-electron chi connectivity index (χ1n) is 10.3. The van der Waals surface area contributed by atoms with E-state index < -0.39 is 33.7 Å². The zero-order valence-corrected chi connectivity index (χ0v) is 17.8. The molecule has 164 valence electrons. The third kappa shape index (κ3) is 4.20. The standard InChI is InChI=1S/C22H24FN3O4S/c23-19-7-3-2-6-18(19)20-21(27)24-12-15-26(20)22(28)16-8-10-17(11-9-16)31(29,30)25-13-4-1-5-14-25/h2-3,6-11,20H,1,4-5,12-15H2,(H,24,27). The SMILES string of the molecule is O=C1NCCN(C(=O)c2ccc(S(=O)(=O)N3CCCCC3)cc2)C1c1ccccc1F. The van der Waals surface area contributed by atoms with Crippen LogP contribution in [0.25, 0.3) is 0 Å². The smallest absolute Gasteiger partial charge is 0.254 e. The molecule has 2 saturated heterocycles. The molecular weight excluding hydrogens is 421 g/mol. The van der Waals surface area contributed by atoms with Gasteiger partial charge in [0.25, 0.3) is 5.91 Å². The van der Waals surface area contributed by atoms with Crippen LogP contribution in [0.4, 0.5) is 4.39 Å². The van der Waals surface area contributed by atoms with E-state index in [4.69, 9.17) is 0 Å². The Kier molecular flexibility index (Phi) is 6.06. The Balaban J connectivity index is 1.59. The maximum atomic E-state index is 14.4. The van der Waals surface area contributed by atoms with Gasteiger partial charge >= 0.3 is 0 Å². The average molecular weight is 446 g/mol. The molecule has 7 nitrogen and oxygen atoms in total.